The van der Waals surface area contributed by atoms with Gasteiger partial charge in [0, 0.05) is 6.54 Å². The van der Waals surface area contributed by atoms with Crippen LogP contribution in [0.4, 0.5) is 0 Å². The summed E-state index contributed by atoms with van der Waals surface area (Å²) in [7, 11) is -0.524. The SMILES string of the molecule is CC1(C)OB(c2ccc([C@](O)(C(=O)OCC3CCN(Cc4ccccc4)CC3)c3ccccc3)cc2)OC1(C)C. The first-order chi connectivity index (χ1) is 19.1. The quantitative estimate of drug-likeness (QED) is 0.330. The van der Waals surface area contributed by atoms with Gasteiger partial charge in [-0.15, -0.1) is 0 Å². The Kier molecular flexibility index (Phi) is 8.21. The highest BCUT2D eigenvalue weighted by Gasteiger charge is 2.52. The van der Waals surface area contributed by atoms with E-state index in [1.807, 2.05) is 64.1 Å². The molecule has 0 amide bonds. The molecule has 0 spiro atoms. The lowest BCUT2D eigenvalue weighted by atomic mass is 9.77. The van der Waals surface area contributed by atoms with Gasteiger partial charge in [-0.2, -0.15) is 0 Å². The van der Waals surface area contributed by atoms with Crippen molar-refractivity contribution in [3.63, 3.8) is 0 Å². The van der Waals surface area contributed by atoms with E-state index in [1.165, 1.54) is 5.56 Å². The molecule has 0 aromatic heterocycles. The van der Waals surface area contributed by atoms with Gasteiger partial charge in [0.25, 0.3) is 0 Å². The summed E-state index contributed by atoms with van der Waals surface area (Å²) in [4.78, 5) is 16.0. The van der Waals surface area contributed by atoms with E-state index in [2.05, 4.69) is 29.2 Å². The number of hydrogen-bond acceptors (Lipinski definition) is 6. The third kappa shape index (κ3) is 5.89. The van der Waals surface area contributed by atoms with Crippen LogP contribution in [0.3, 0.4) is 0 Å². The lowest BCUT2D eigenvalue weighted by Crippen LogP contribution is -2.41. The number of esters is 1. The monoisotopic (exact) mass is 541 g/mol. The van der Waals surface area contributed by atoms with Crippen molar-refractivity contribution in [3.8, 4) is 0 Å². The molecule has 1 N–H and O–H groups in total. The molecule has 0 radical (unpaired) electrons. The molecule has 0 bridgehead atoms. The minimum absolute atomic E-state index is 0.266. The molecule has 3 aromatic rings. The Bertz CT molecular complexity index is 1260. The highest BCUT2D eigenvalue weighted by Crippen LogP contribution is 2.37. The average molecular weight is 541 g/mol. The lowest BCUT2D eigenvalue weighted by molar-refractivity contribution is -0.164. The summed E-state index contributed by atoms with van der Waals surface area (Å²) in [5.41, 5.74) is 0.218. The van der Waals surface area contributed by atoms with Gasteiger partial charge in [-0.25, -0.2) is 4.79 Å². The summed E-state index contributed by atoms with van der Waals surface area (Å²) in [6, 6.07) is 26.7. The van der Waals surface area contributed by atoms with E-state index in [-0.39, 0.29) is 5.92 Å². The summed E-state index contributed by atoms with van der Waals surface area (Å²) in [5, 5.41) is 11.9. The maximum atomic E-state index is 13.6. The second kappa shape index (κ2) is 11.5. The van der Waals surface area contributed by atoms with Crippen LogP contribution in [-0.2, 0) is 31.0 Å². The van der Waals surface area contributed by atoms with Crippen LogP contribution in [0.2, 0.25) is 0 Å². The van der Waals surface area contributed by atoms with Crippen LogP contribution in [0, 0.1) is 5.92 Å². The Morgan fingerprint density at radius 2 is 1.40 bits per heavy atom. The number of aliphatic hydroxyl groups is 1. The van der Waals surface area contributed by atoms with Gasteiger partial charge in [0.15, 0.2) is 0 Å². The van der Waals surface area contributed by atoms with Gasteiger partial charge in [-0.1, -0.05) is 84.9 Å². The molecule has 0 unspecified atom stereocenters. The predicted octanol–water partition coefficient (Wildman–Crippen LogP) is 4.68. The summed E-state index contributed by atoms with van der Waals surface area (Å²) in [6.45, 7) is 11.2. The number of hydrogen-bond donors (Lipinski definition) is 1. The van der Waals surface area contributed by atoms with E-state index >= 15 is 0 Å². The molecule has 6 nitrogen and oxygen atoms in total. The van der Waals surface area contributed by atoms with Crippen LogP contribution in [0.25, 0.3) is 0 Å². The second-order valence-electron chi connectivity index (χ2n) is 12.1. The Hall–Kier alpha value is -2.97. The maximum Gasteiger partial charge on any atom is 0.494 e. The first-order valence-electron chi connectivity index (χ1n) is 14.3. The number of carbonyl (C=O) groups excluding carboxylic acids is 1. The first-order valence-corrected chi connectivity index (χ1v) is 14.3. The number of ether oxygens (including phenoxy) is 1. The second-order valence-corrected chi connectivity index (χ2v) is 12.1. The highest BCUT2D eigenvalue weighted by atomic mass is 16.7. The number of nitrogens with zero attached hydrogens (tertiary/aromatic N) is 1. The molecule has 2 aliphatic heterocycles. The van der Waals surface area contributed by atoms with Gasteiger partial charge in [-0.3, -0.25) is 4.90 Å². The van der Waals surface area contributed by atoms with E-state index in [0.29, 0.717) is 17.7 Å². The summed E-state index contributed by atoms with van der Waals surface area (Å²) in [5.74, 6) is -0.393. The van der Waals surface area contributed by atoms with Crippen LogP contribution in [0.15, 0.2) is 84.9 Å². The van der Waals surface area contributed by atoms with Crippen molar-refractivity contribution in [1.82, 2.24) is 4.90 Å². The largest absolute Gasteiger partial charge is 0.494 e. The molecule has 2 heterocycles. The van der Waals surface area contributed by atoms with Gasteiger partial charge in [-0.05, 0) is 81.7 Å². The summed E-state index contributed by atoms with van der Waals surface area (Å²) in [6.07, 6.45) is 1.90. The Morgan fingerprint density at radius 1 is 0.875 bits per heavy atom. The Morgan fingerprint density at radius 3 is 1.98 bits per heavy atom. The Balaban J connectivity index is 1.26. The van der Waals surface area contributed by atoms with E-state index in [0.717, 1.165) is 37.9 Å². The van der Waals surface area contributed by atoms with Crippen LogP contribution < -0.4 is 5.46 Å². The summed E-state index contributed by atoms with van der Waals surface area (Å²) >= 11 is 0. The normalized spacial score (nSPS) is 20.7. The number of benzene rings is 3. The zero-order chi connectivity index (χ0) is 28.4. The van der Waals surface area contributed by atoms with E-state index < -0.39 is 29.9 Å². The fourth-order valence-corrected chi connectivity index (χ4v) is 5.39. The molecule has 0 aliphatic carbocycles. The van der Waals surface area contributed by atoms with E-state index in [4.69, 9.17) is 14.0 Å². The molecule has 5 rings (SSSR count). The third-order valence-corrected chi connectivity index (χ3v) is 8.75. The molecule has 40 heavy (non-hydrogen) atoms. The third-order valence-electron chi connectivity index (χ3n) is 8.75. The molecule has 3 aromatic carbocycles. The van der Waals surface area contributed by atoms with Gasteiger partial charge in [0.1, 0.15) is 0 Å². The molecule has 7 heteroatoms. The van der Waals surface area contributed by atoms with Gasteiger partial charge < -0.3 is 19.2 Å². The minimum atomic E-state index is -1.93. The van der Waals surface area contributed by atoms with Crippen LogP contribution in [0.1, 0.15) is 57.2 Å². The van der Waals surface area contributed by atoms with Crippen LogP contribution in [0.5, 0.6) is 0 Å². The average Bonchev–Trinajstić information content (AvgIpc) is 3.19. The first kappa shape index (κ1) is 28.6. The number of likely N-dealkylation sites (tertiary alicyclic amines) is 1. The van der Waals surface area contributed by atoms with Gasteiger partial charge >= 0.3 is 13.1 Å². The van der Waals surface area contributed by atoms with Gasteiger partial charge in [0.2, 0.25) is 5.60 Å². The van der Waals surface area contributed by atoms with Gasteiger partial charge in [0.05, 0.1) is 17.8 Å². The molecule has 2 saturated heterocycles. The van der Waals surface area contributed by atoms with Crippen LogP contribution in [-0.4, -0.2) is 54.0 Å². The van der Waals surface area contributed by atoms with Crippen molar-refractivity contribution < 1.29 is 23.9 Å². The van der Waals surface area contributed by atoms with Crippen molar-refractivity contribution >= 4 is 18.6 Å². The number of carbonyl (C=O) groups is 1. The van der Waals surface area contributed by atoms with Crippen LogP contribution >= 0.6 is 0 Å². The fourth-order valence-electron chi connectivity index (χ4n) is 5.39. The molecule has 2 fully saturated rings. The standard InChI is InChI=1S/C33H40BNO5/c1-31(2)32(3,4)40-34(39-31)29-17-15-28(16-18-29)33(37,27-13-9-6-10-14-27)30(36)38-24-26-19-21-35(22-20-26)23-25-11-7-5-8-12-25/h5-18,26,37H,19-24H2,1-4H3/t33-/m0/s1. The number of piperidine rings is 1. The molecule has 2 aliphatic rings. The van der Waals surface area contributed by atoms with Crippen molar-refractivity contribution in [3.05, 3.63) is 102 Å². The topological polar surface area (TPSA) is 68.2 Å². The van der Waals surface area contributed by atoms with Crippen molar-refractivity contribution in [2.24, 2.45) is 5.92 Å². The summed E-state index contributed by atoms with van der Waals surface area (Å²) < 4.78 is 18.2. The zero-order valence-corrected chi connectivity index (χ0v) is 24.0. The Labute approximate surface area is 238 Å². The molecule has 1 atom stereocenters. The van der Waals surface area contributed by atoms with Crippen molar-refractivity contribution in [2.45, 2.75) is 63.9 Å². The van der Waals surface area contributed by atoms with Crippen molar-refractivity contribution in [2.75, 3.05) is 19.7 Å². The zero-order valence-electron chi connectivity index (χ0n) is 24.0. The number of rotatable bonds is 8. The van der Waals surface area contributed by atoms with E-state index in [9.17, 15) is 9.90 Å². The highest BCUT2D eigenvalue weighted by molar-refractivity contribution is 6.62. The molecule has 0 saturated carbocycles. The smallest absolute Gasteiger partial charge is 0.463 e. The lowest BCUT2D eigenvalue weighted by Gasteiger charge is -2.33. The molecule has 210 valence electrons. The molecular weight excluding hydrogens is 501 g/mol. The minimum Gasteiger partial charge on any atom is -0.463 e. The maximum absolute atomic E-state index is 13.6. The van der Waals surface area contributed by atoms with E-state index in [1.54, 1.807) is 24.3 Å². The molecular formula is C33H40BNO5. The van der Waals surface area contributed by atoms with Crippen molar-refractivity contribution in [1.29, 1.82) is 0 Å². The predicted molar refractivity (Wildman–Crippen MR) is 157 cm³/mol. The fraction of sp³-hybridized carbons (Fsp3) is 0.424.